The number of hydrogen-bond donors (Lipinski definition) is 0. The molecule has 0 aliphatic carbocycles. The molecule has 0 amide bonds. The number of rotatable bonds is 4. The van der Waals surface area contributed by atoms with Gasteiger partial charge in [-0.05, 0) is 0 Å². The summed E-state index contributed by atoms with van der Waals surface area (Å²) in [5.41, 5.74) is 0.357. The Hall–Kier alpha value is -1.79. The Labute approximate surface area is 111 Å². The first kappa shape index (κ1) is 13.6. The van der Waals surface area contributed by atoms with Gasteiger partial charge in [-0.2, -0.15) is 0 Å². The van der Waals surface area contributed by atoms with Crippen LogP contribution in [0.5, 0.6) is 0 Å². The highest BCUT2D eigenvalue weighted by Crippen LogP contribution is 2.16. The number of ether oxygens (including phenoxy) is 1. The Morgan fingerprint density at radius 1 is 1.42 bits per heavy atom. The van der Waals surface area contributed by atoms with Crippen LogP contribution in [0, 0.1) is 10.1 Å². The van der Waals surface area contributed by atoms with Crippen LogP contribution in [-0.2, 0) is 4.74 Å². The van der Waals surface area contributed by atoms with E-state index in [1.54, 1.807) is 12.1 Å². The third kappa shape index (κ3) is 3.36. The highest BCUT2D eigenvalue weighted by Gasteiger charge is 2.29. The first-order valence-electron chi connectivity index (χ1n) is 6.19. The van der Waals surface area contributed by atoms with E-state index in [0.29, 0.717) is 29.8 Å². The van der Waals surface area contributed by atoms with Crippen molar-refractivity contribution in [3.8, 4) is 0 Å². The number of non-ortho nitro benzene ring substituents is 1. The number of likely N-dealkylation sites (N-methyl/N-ethyl adjacent to an activating group) is 1. The number of hydrogen-bond acceptors (Lipinski definition) is 4. The van der Waals surface area contributed by atoms with Crippen LogP contribution in [0.2, 0.25) is 0 Å². The predicted octanol–water partition coefficient (Wildman–Crippen LogP) is 1.25. The largest absolute Gasteiger partial charge is 0.370 e. The van der Waals surface area contributed by atoms with Gasteiger partial charge in [0.15, 0.2) is 0 Å². The minimum Gasteiger partial charge on any atom is -0.370 e. The Kier molecular flexibility index (Phi) is 3.92. The molecule has 1 aromatic carbocycles. The lowest BCUT2D eigenvalue weighted by molar-refractivity contribution is -0.908. The third-order valence-electron chi connectivity index (χ3n) is 3.46. The molecule has 0 unspecified atom stereocenters. The van der Waals surface area contributed by atoms with E-state index in [-0.39, 0.29) is 11.5 Å². The van der Waals surface area contributed by atoms with E-state index < -0.39 is 4.92 Å². The fraction of sp³-hybridized carbons (Fsp3) is 0.462. The highest BCUT2D eigenvalue weighted by molar-refractivity contribution is 5.97. The van der Waals surface area contributed by atoms with Gasteiger partial charge in [-0.3, -0.25) is 14.9 Å². The van der Waals surface area contributed by atoms with Crippen molar-refractivity contribution >= 4 is 11.5 Å². The summed E-state index contributed by atoms with van der Waals surface area (Å²) in [5, 5.41) is 10.7. The Balaban J connectivity index is 2.11. The molecule has 0 atom stereocenters. The van der Waals surface area contributed by atoms with E-state index in [0.717, 1.165) is 13.1 Å². The number of morpholine rings is 1. The zero-order valence-corrected chi connectivity index (χ0v) is 10.9. The van der Waals surface area contributed by atoms with Crippen molar-refractivity contribution in [1.82, 2.24) is 0 Å². The number of carbonyl (C=O) groups is 1. The van der Waals surface area contributed by atoms with Gasteiger partial charge in [-0.25, -0.2) is 0 Å². The Bertz CT molecular complexity index is 495. The van der Waals surface area contributed by atoms with Crippen molar-refractivity contribution in [1.29, 1.82) is 0 Å². The molecule has 1 fully saturated rings. The van der Waals surface area contributed by atoms with E-state index >= 15 is 0 Å². The topological polar surface area (TPSA) is 69.4 Å². The van der Waals surface area contributed by atoms with Crippen LogP contribution < -0.4 is 0 Å². The number of benzene rings is 1. The summed E-state index contributed by atoms with van der Waals surface area (Å²) in [6.07, 6.45) is 0. The number of ketones is 1. The normalized spacial score (nSPS) is 17.9. The van der Waals surface area contributed by atoms with Crippen LogP contribution >= 0.6 is 0 Å². The minimum atomic E-state index is -0.484. The number of quaternary nitrogens is 1. The van der Waals surface area contributed by atoms with Gasteiger partial charge in [0.25, 0.3) is 5.69 Å². The zero-order chi connectivity index (χ0) is 13.9. The molecule has 6 nitrogen and oxygen atoms in total. The predicted molar refractivity (Wildman–Crippen MR) is 69.0 cm³/mol. The van der Waals surface area contributed by atoms with E-state index in [9.17, 15) is 14.9 Å². The maximum Gasteiger partial charge on any atom is 0.270 e. The SMILES string of the molecule is C[N+]1(CC(=O)c2cccc([N+](=O)[O-])c2)CCOCC1. The molecule has 1 aliphatic rings. The van der Waals surface area contributed by atoms with Gasteiger partial charge in [0, 0.05) is 17.7 Å². The van der Waals surface area contributed by atoms with Crippen molar-refractivity contribution in [2.45, 2.75) is 0 Å². The van der Waals surface area contributed by atoms with Crippen molar-refractivity contribution in [3.63, 3.8) is 0 Å². The van der Waals surface area contributed by atoms with Crippen LogP contribution in [-0.4, -0.2) is 55.1 Å². The van der Waals surface area contributed by atoms with E-state index in [4.69, 9.17) is 4.74 Å². The summed E-state index contributed by atoms with van der Waals surface area (Å²) in [5.74, 6) is -0.0619. The number of carbonyl (C=O) groups excluding carboxylic acids is 1. The molecule has 0 radical (unpaired) electrons. The molecule has 1 aromatic rings. The first-order chi connectivity index (χ1) is 9.00. The van der Waals surface area contributed by atoms with Crippen LogP contribution in [0.4, 0.5) is 5.69 Å². The molecule has 1 saturated heterocycles. The maximum absolute atomic E-state index is 12.2. The van der Waals surface area contributed by atoms with Gasteiger partial charge in [0.2, 0.25) is 5.78 Å². The fourth-order valence-electron chi connectivity index (χ4n) is 2.17. The molecule has 1 heterocycles. The lowest BCUT2D eigenvalue weighted by atomic mass is 10.1. The van der Waals surface area contributed by atoms with Crippen molar-refractivity contribution in [2.75, 3.05) is 39.9 Å². The third-order valence-corrected chi connectivity index (χ3v) is 3.46. The standard InChI is InChI=1S/C13H17N2O4/c1-15(5-7-19-8-6-15)10-13(16)11-3-2-4-12(9-11)14(17)18/h2-4,9H,5-8,10H2,1H3/q+1. The smallest absolute Gasteiger partial charge is 0.270 e. The zero-order valence-electron chi connectivity index (χ0n) is 10.9. The summed E-state index contributed by atoms with van der Waals surface area (Å²) in [6.45, 7) is 3.24. The molecule has 1 aliphatic heterocycles. The summed E-state index contributed by atoms with van der Waals surface area (Å²) in [6, 6.07) is 5.91. The summed E-state index contributed by atoms with van der Waals surface area (Å²) in [7, 11) is 2.01. The summed E-state index contributed by atoms with van der Waals surface area (Å²) in [4.78, 5) is 22.4. The van der Waals surface area contributed by atoms with Gasteiger partial charge < -0.3 is 9.22 Å². The average Bonchev–Trinajstić information content (AvgIpc) is 2.39. The van der Waals surface area contributed by atoms with Crippen LogP contribution in [0.25, 0.3) is 0 Å². The Morgan fingerprint density at radius 2 is 2.11 bits per heavy atom. The van der Waals surface area contributed by atoms with E-state index in [1.807, 2.05) is 7.05 Å². The number of Topliss-reactive ketones (excluding diaryl/α,β-unsaturated/α-hetero) is 1. The molecule has 19 heavy (non-hydrogen) atoms. The molecule has 0 N–H and O–H groups in total. The van der Waals surface area contributed by atoms with Gasteiger partial charge >= 0.3 is 0 Å². The average molecular weight is 265 g/mol. The number of nitrogens with zero attached hydrogens (tertiary/aromatic N) is 2. The van der Waals surface area contributed by atoms with Crippen LogP contribution in [0.3, 0.4) is 0 Å². The second-order valence-corrected chi connectivity index (χ2v) is 5.07. The lowest BCUT2D eigenvalue weighted by Crippen LogP contribution is -2.54. The molecular weight excluding hydrogens is 248 g/mol. The van der Waals surface area contributed by atoms with Crippen LogP contribution in [0.1, 0.15) is 10.4 Å². The summed E-state index contributed by atoms with van der Waals surface area (Å²) < 4.78 is 5.91. The highest BCUT2D eigenvalue weighted by atomic mass is 16.6. The van der Waals surface area contributed by atoms with Crippen molar-refractivity contribution < 1.29 is 18.9 Å². The van der Waals surface area contributed by atoms with Crippen LogP contribution in [0.15, 0.2) is 24.3 Å². The molecule has 0 bridgehead atoms. The monoisotopic (exact) mass is 265 g/mol. The number of nitro benzene ring substituents is 1. The first-order valence-corrected chi connectivity index (χ1v) is 6.19. The molecule has 6 heteroatoms. The second-order valence-electron chi connectivity index (χ2n) is 5.07. The molecule has 102 valence electrons. The van der Waals surface area contributed by atoms with Gasteiger partial charge in [-0.15, -0.1) is 0 Å². The quantitative estimate of drug-likeness (QED) is 0.355. The lowest BCUT2D eigenvalue weighted by Gasteiger charge is -2.36. The molecule has 2 rings (SSSR count). The van der Waals surface area contributed by atoms with Crippen molar-refractivity contribution in [3.05, 3.63) is 39.9 Å². The van der Waals surface area contributed by atoms with E-state index in [2.05, 4.69) is 0 Å². The van der Waals surface area contributed by atoms with Crippen molar-refractivity contribution in [2.24, 2.45) is 0 Å². The van der Waals surface area contributed by atoms with Gasteiger partial charge in [0.05, 0.1) is 25.2 Å². The maximum atomic E-state index is 12.2. The number of nitro groups is 1. The molecule has 0 spiro atoms. The second kappa shape index (κ2) is 5.46. The Morgan fingerprint density at radius 3 is 2.74 bits per heavy atom. The molecular formula is C13H17N2O4+. The van der Waals surface area contributed by atoms with Gasteiger partial charge in [0.1, 0.15) is 19.6 Å². The van der Waals surface area contributed by atoms with E-state index in [1.165, 1.54) is 12.1 Å². The molecule has 0 saturated carbocycles. The fourth-order valence-corrected chi connectivity index (χ4v) is 2.17. The van der Waals surface area contributed by atoms with Gasteiger partial charge in [-0.1, -0.05) is 12.1 Å². The molecule has 0 aromatic heterocycles. The summed E-state index contributed by atoms with van der Waals surface area (Å²) >= 11 is 0. The minimum absolute atomic E-state index is 0.0459.